The Morgan fingerprint density at radius 2 is 1.94 bits per heavy atom. The van der Waals surface area contributed by atoms with Gasteiger partial charge < -0.3 is 25.4 Å². The molecule has 180 valence electrons. The van der Waals surface area contributed by atoms with Crippen molar-refractivity contribution in [2.75, 3.05) is 19.6 Å². The van der Waals surface area contributed by atoms with Crippen molar-refractivity contribution in [2.45, 2.75) is 45.4 Å². The van der Waals surface area contributed by atoms with Gasteiger partial charge in [-0.05, 0) is 44.9 Å². The van der Waals surface area contributed by atoms with E-state index in [1.165, 1.54) is 29.2 Å². The molecule has 0 bridgehead atoms. The summed E-state index contributed by atoms with van der Waals surface area (Å²) in [4.78, 5) is 49.1. The lowest BCUT2D eigenvalue weighted by molar-refractivity contribution is -0.384. The summed E-state index contributed by atoms with van der Waals surface area (Å²) in [6, 6.07) is 5.04. The van der Waals surface area contributed by atoms with Gasteiger partial charge in [0.2, 0.25) is 5.91 Å². The van der Waals surface area contributed by atoms with Crippen molar-refractivity contribution in [3.05, 3.63) is 39.9 Å². The van der Waals surface area contributed by atoms with Crippen molar-refractivity contribution in [3.8, 4) is 0 Å². The Kier molecular flexibility index (Phi) is 8.16. The minimum absolute atomic E-state index is 0.107. The van der Waals surface area contributed by atoms with E-state index in [4.69, 9.17) is 20.6 Å². The number of hydrogen-bond acceptors (Lipinski definition) is 8. The summed E-state index contributed by atoms with van der Waals surface area (Å²) in [6.45, 7) is 5.18. The van der Waals surface area contributed by atoms with E-state index in [-0.39, 0.29) is 24.9 Å². The molecule has 1 aromatic rings. The van der Waals surface area contributed by atoms with Gasteiger partial charge in [-0.2, -0.15) is 0 Å². The molecule has 1 aliphatic rings. The number of amides is 3. The highest BCUT2D eigenvalue weighted by atomic mass is 16.6. The van der Waals surface area contributed by atoms with Crippen molar-refractivity contribution in [1.82, 2.24) is 15.1 Å². The molecule has 0 saturated carbocycles. The van der Waals surface area contributed by atoms with Gasteiger partial charge in [0, 0.05) is 31.3 Å². The number of likely N-dealkylation sites (tertiary alicyclic amines) is 1. The van der Waals surface area contributed by atoms with E-state index in [0.717, 1.165) is 0 Å². The molecule has 13 nitrogen and oxygen atoms in total. The maximum absolute atomic E-state index is 12.4. The second kappa shape index (κ2) is 10.6. The predicted octanol–water partition coefficient (Wildman–Crippen LogP) is 1.55. The van der Waals surface area contributed by atoms with E-state index in [9.17, 15) is 24.5 Å². The fourth-order valence-corrected chi connectivity index (χ4v) is 2.97. The summed E-state index contributed by atoms with van der Waals surface area (Å²) in [5, 5.41) is 21.0. The molecule has 1 saturated heterocycles. The third-order valence-corrected chi connectivity index (χ3v) is 4.53. The summed E-state index contributed by atoms with van der Waals surface area (Å²) in [7, 11) is 0. The molecular weight excluding hydrogens is 436 g/mol. The molecular formula is C20H28N6O7. The van der Waals surface area contributed by atoms with E-state index in [1.807, 2.05) is 0 Å². The monoisotopic (exact) mass is 464 g/mol. The quantitative estimate of drug-likeness (QED) is 0.245. The summed E-state index contributed by atoms with van der Waals surface area (Å²) >= 11 is 0. The Morgan fingerprint density at radius 3 is 2.48 bits per heavy atom. The molecule has 1 aliphatic heterocycles. The third-order valence-electron chi connectivity index (χ3n) is 4.53. The lowest BCUT2D eigenvalue weighted by Gasteiger charge is -2.24. The van der Waals surface area contributed by atoms with Gasteiger partial charge in [0.25, 0.3) is 5.69 Å². The molecule has 33 heavy (non-hydrogen) atoms. The van der Waals surface area contributed by atoms with Gasteiger partial charge in [0.15, 0.2) is 5.96 Å². The molecule has 0 spiro atoms. The molecule has 0 radical (unpaired) electrons. The number of rotatable bonds is 6. The number of benzene rings is 1. The van der Waals surface area contributed by atoms with Gasteiger partial charge in [-0.15, -0.1) is 0 Å². The summed E-state index contributed by atoms with van der Waals surface area (Å²) in [6.07, 6.45) is -0.979. The Balaban J connectivity index is 1.85. The predicted molar refractivity (Wildman–Crippen MR) is 116 cm³/mol. The van der Waals surface area contributed by atoms with Crippen LogP contribution in [0.25, 0.3) is 0 Å². The number of nitrogens with zero attached hydrogens (tertiary/aromatic N) is 3. The molecule has 1 unspecified atom stereocenters. The van der Waals surface area contributed by atoms with E-state index >= 15 is 0 Å². The van der Waals surface area contributed by atoms with Crippen molar-refractivity contribution in [2.24, 2.45) is 5.73 Å². The van der Waals surface area contributed by atoms with Gasteiger partial charge >= 0.3 is 12.2 Å². The first kappa shape index (κ1) is 25.4. The summed E-state index contributed by atoms with van der Waals surface area (Å²) < 4.78 is 10.4. The fourth-order valence-electron chi connectivity index (χ4n) is 2.97. The molecule has 0 aromatic heterocycles. The average Bonchev–Trinajstić information content (AvgIpc) is 3.17. The van der Waals surface area contributed by atoms with Gasteiger partial charge in [0.1, 0.15) is 18.8 Å². The zero-order valence-electron chi connectivity index (χ0n) is 18.7. The minimum Gasteiger partial charge on any atom is -0.444 e. The average molecular weight is 464 g/mol. The second-order valence-corrected chi connectivity index (χ2v) is 8.43. The SMILES string of the molecule is CC(C)(C)OC(=O)N1CCC(NC(=O)CN(C(=N)N)C(=O)OCc2ccc([N+](=O)[O-])cc2)C1. The topological polar surface area (TPSA) is 181 Å². The van der Waals surface area contributed by atoms with Crippen LogP contribution in [0.15, 0.2) is 24.3 Å². The smallest absolute Gasteiger partial charge is 0.417 e. The van der Waals surface area contributed by atoms with Crippen LogP contribution in [0.3, 0.4) is 0 Å². The van der Waals surface area contributed by atoms with Crippen LogP contribution < -0.4 is 11.1 Å². The standard InChI is InChI=1S/C20H28N6O7/c1-20(2,3)33-18(28)24-9-8-14(10-24)23-16(27)11-25(17(21)22)19(29)32-12-13-4-6-15(7-5-13)26(30)31/h4-7,14H,8-12H2,1-3H3,(H3,21,22)(H,23,27). The number of nitrogens with one attached hydrogen (secondary N) is 2. The Morgan fingerprint density at radius 1 is 1.30 bits per heavy atom. The van der Waals surface area contributed by atoms with Crippen LogP contribution >= 0.6 is 0 Å². The number of carbonyl (C=O) groups is 3. The van der Waals surface area contributed by atoms with Gasteiger partial charge in [0.05, 0.1) is 4.92 Å². The number of ether oxygens (including phenoxy) is 2. The molecule has 1 fully saturated rings. The third kappa shape index (κ3) is 7.94. The molecule has 0 aliphatic carbocycles. The lowest BCUT2D eigenvalue weighted by atomic mass is 10.2. The lowest BCUT2D eigenvalue weighted by Crippen LogP contribution is -2.49. The number of nitro groups is 1. The first-order chi connectivity index (χ1) is 15.4. The van der Waals surface area contributed by atoms with Crippen LogP contribution in [0.1, 0.15) is 32.8 Å². The molecule has 4 N–H and O–H groups in total. The Bertz CT molecular complexity index is 912. The summed E-state index contributed by atoms with van der Waals surface area (Å²) in [5.41, 5.74) is 5.17. The first-order valence-electron chi connectivity index (χ1n) is 10.1. The number of guanidine groups is 1. The highest BCUT2D eigenvalue weighted by Gasteiger charge is 2.31. The van der Waals surface area contributed by atoms with Crippen LogP contribution in [0, 0.1) is 15.5 Å². The normalized spacial score (nSPS) is 15.5. The fraction of sp³-hybridized carbons (Fsp3) is 0.500. The molecule has 3 amide bonds. The number of non-ortho nitro benzene ring substituents is 1. The van der Waals surface area contributed by atoms with Crippen molar-refractivity contribution < 1.29 is 28.8 Å². The first-order valence-corrected chi connectivity index (χ1v) is 10.1. The Hall–Kier alpha value is -3.90. The maximum Gasteiger partial charge on any atom is 0.417 e. The van der Waals surface area contributed by atoms with Crippen LogP contribution in [0.4, 0.5) is 15.3 Å². The van der Waals surface area contributed by atoms with Crippen LogP contribution in [0.5, 0.6) is 0 Å². The zero-order valence-corrected chi connectivity index (χ0v) is 18.7. The van der Waals surface area contributed by atoms with Gasteiger partial charge in [-0.25, -0.2) is 14.5 Å². The minimum atomic E-state index is -1.02. The highest BCUT2D eigenvalue weighted by molar-refractivity contribution is 5.95. The van der Waals surface area contributed by atoms with E-state index < -0.39 is 41.1 Å². The Labute approximate surface area is 190 Å². The largest absolute Gasteiger partial charge is 0.444 e. The molecule has 13 heteroatoms. The van der Waals surface area contributed by atoms with Crippen molar-refractivity contribution in [3.63, 3.8) is 0 Å². The van der Waals surface area contributed by atoms with E-state index in [0.29, 0.717) is 23.4 Å². The van der Waals surface area contributed by atoms with Gasteiger partial charge in [-0.1, -0.05) is 0 Å². The highest BCUT2D eigenvalue weighted by Crippen LogP contribution is 2.16. The van der Waals surface area contributed by atoms with Crippen molar-refractivity contribution >= 4 is 29.7 Å². The molecule has 1 aromatic carbocycles. The number of nitrogens with two attached hydrogens (primary N) is 1. The van der Waals surface area contributed by atoms with Crippen LogP contribution in [-0.2, 0) is 20.9 Å². The number of carbonyl (C=O) groups excluding carboxylic acids is 3. The van der Waals surface area contributed by atoms with E-state index in [1.54, 1.807) is 20.8 Å². The van der Waals surface area contributed by atoms with Crippen LogP contribution in [0.2, 0.25) is 0 Å². The maximum atomic E-state index is 12.4. The van der Waals surface area contributed by atoms with Gasteiger partial charge in [-0.3, -0.25) is 20.3 Å². The molecule has 2 rings (SSSR count). The number of nitro benzene ring substituents is 1. The molecule has 1 heterocycles. The molecule has 1 atom stereocenters. The zero-order chi connectivity index (χ0) is 24.8. The number of hydrogen-bond donors (Lipinski definition) is 3. The summed E-state index contributed by atoms with van der Waals surface area (Å²) in [5.74, 6) is -1.26. The van der Waals surface area contributed by atoms with E-state index in [2.05, 4.69) is 5.32 Å². The van der Waals surface area contributed by atoms with Crippen LogP contribution in [-0.4, -0.2) is 70.1 Å². The second-order valence-electron chi connectivity index (χ2n) is 8.43. The van der Waals surface area contributed by atoms with Crippen molar-refractivity contribution in [1.29, 1.82) is 5.41 Å².